The predicted octanol–water partition coefficient (Wildman–Crippen LogP) is 4.25. The molecule has 1 N–H and O–H groups in total. The van der Waals surface area contributed by atoms with Crippen LogP contribution in [0.1, 0.15) is 32.6 Å². The van der Waals surface area contributed by atoms with Gasteiger partial charge in [-0.3, -0.25) is 9.67 Å². The Morgan fingerprint density at radius 1 is 1.56 bits per heavy atom. The van der Waals surface area contributed by atoms with Gasteiger partial charge in [0.2, 0.25) is 0 Å². The van der Waals surface area contributed by atoms with Gasteiger partial charge in [-0.15, -0.1) is 11.3 Å². The Balaban J connectivity index is 1.97. The molecule has 96 valence electrons. The average Bonchev–Trinajstić information content (AvgIpc) is 2.94. The molecular weight excluding hydrogens is 262 g/mol. The number of nitrogens with one attached hydrogen (secondary N) is 1. The number of hydrogen-bond acceptors (Lipinski definition) is 3. The number of nitrogens with zero attached hydrogens (tertiary/aromatic N) is 2. The van der Waals surface area contributed by atoms with Gasteiger partial charge in [0.25, 0.3) is 0 Å². The van der Waals surface area contributed by atoms with Gasteiger partial charge in [0, 0.05) is 6.54 Å². The Labute approximate surface area is 116 Å². The van der Waals surface area contributed by atoms with Crippen LogP contribution < -0.4 is 0 Å². The molecule has 2 heterocycles. The minimum Gasteiger partial charge on any atom is -0.299 e. The summed E-state index contributed by atoms with van der Waals surface area (Å²) < 4.78 is 2.93. The largest absolute Gasteiger partial charge is 0.299 e. The molecule has 0 amide bonds. The highest BCUT2D eigenvalue weighted by molar-refractivity contribution is 7.71. The van der Waals surface area contributed by atoms with E-state index >= 15 is 0 Å². The number of H-pyrrole nitrogens is 1. The lowest BCUT2D eigenvalue weighted by molar-refractivity contribution is 0.100. The molecule has 0 spiro atoms. The first-order valence-corrected chi connectivity index (χ1v) is 7.72. The molecule has 2 aromatic rings. The van der Waals surface area contributed by atoms with Crippen molar-refractivity contribution in [3.8, 4) is 10.7 Å². The third-order valence-corrected chi connectivity index (χ3v) is 5.34. The Hall–Kier alpha value is -0.940. The SMILES string of the molecule is CCC1(Cn2c(-c3cccs3)n[nH]c2=S)CCC1. The molecule has 3 rings (SSSR count). The molecule has 2 aromatic heterocycles. The Bertz CT molecular complexity index is 570. The molecule has 0 aliphatic heterocycles. The summed E-state index contributed by atoms with van der Waals surface area (Å²) in [7, 11) is 0. The van der Waals surface area contributed by atoms with Gasteiger partial charge >= 0.3 is 0 Å². The Morgan fingerprint density at radius 2 is 2.39 bits per heavy atom. The van der Waals surface area contributed by atoms with Crippen molar-refractivity contribution in [3.05, 3.63) is 22.3 Å². The second-order valence-corrected chi connectivity index (χ2v) is 6.46. The van der Waals surface area contributed by atoms with E-state index < -0.39 is 0 Å². The maximum absolute atomic E-state index is 5.38. The third-order valence-electron chi connectivity index (χ3n) is 4.16. The summed E-state index contributed by atoms with van der Waals surface area (Å²) in [4.78, 5) is 1.19. The first-order chi connectivity index (χ1) is 8.74. The van der Waals surface area contributed by atoms with Gasteiger partial charge in [-0.05, 0) is 48.3 Å². The van der Waals surface area contributed by atoms with Crippen molar-refractivity contribution in [1.29, 1.82) is 0 Å². The van der Waals surface area contributed by atoms with E-state index in [2.05, 4.69) is 39.2 Å². The van der Waals surface area contributed by atoms with Crippen molar-refractivity contribution < 1.29 is 0 Å². The maximum atomic E-state index is 5.38. The van der Waals surface area contributed by atoms with Crippen molar-refractivity contribution in [2.45, 2.75) is 39.2 Å². The summed E-state index contributed by atoms with van der Waals surface area (Å²) in [6.07, 6.45) is 5.22. The lowest BCUT2D eigenvalue weighted by atomic mass is 9.67. The van der Waals surface area contributed by atoms with Gasteiger partial charge in [0.15, 0.2) is 10.6 Å². The molecule has 3 nitrogen and oxygen atoms in total. The van der Waals surface area contributed by atoms with Crippen molar-refractivity contribution in [2.75, 3.05) is 0 Å². The van der Waals surface area contributed by atoms with Crippen molar-refractivity contribution in [3.63, 3.8) is 0 Å². The van der Waals surface area contributed by atoms with E-state index in [1.54, 1.807) is 11.3 Å². The molecule has 1 fully saturated rings. The summed E-state index contributed by atoms with van der Waals surface area (Å²) in [6, 6.07) is 4.16. The maximum Gasteiger partial charge on any atom is 0.195 e. The molecule has 5 heteroatoms. The molecule has 0 aromatic carbocycles. The lowest BCUT2D eigenvalue weighted by Gasteiger charge is -2.41. The number of rotatable bonds is 4. The molecule has 1 aliphatic carbocycles. The van der Waals surface area contributed by atoms with Gasteiger partial charge in [0.1, 0.15) is 0 Å². The molecular formula is C13H17N3S2. The second-order valence-electron chi connectivity index (χ2n) is 5.12. The fourth-order valence-electron chi connectivity index (χ4n) is 2.69. The first kappa shape index (κ1) is 12.1. The molecule has 0 saturated heterocycles. The topological polar surface area (TPSA) is 33.6 Å². The van der Waals surface area contributed by atoms with Crippen LogP contribution in [0.15, 0.2) is 17.5 Å². The standard InChI is InChI=1S/C13H17N3S2/c1-2-13(6-4-7-13)9-16-11(14-15-12(16)17)10-5-3-8-18-10/h3,5,8H,2,4,6-7,9H2,1H3,(H,15,17). The van der Waals surface area contributed by atoms with Crippen LogP contribution >= 0.6 is 23.6 Å². The van der Waals surface area contributed by atoms with E-state index in [0.29, 0.717) is 5.41 Å². The molecule has 1 saturated carbocycles. The normalized spacial score (nSPS) is 17.6. The van der Waals surface area contributed by atoms with Crippen LogP contribution in [-0.4, -0.2) is 14.8 Å². The highest BCUT2D eigenvalue weighted by atomic mass is 32.1. The van der Waals surface area contributed by atoms with Crippen LogP contribution in [0.5, 0.6) is 0 Å². The smallest absolute Gasteiger partial charge is 0.195 e. The number of aromatic amines is 1. The van der Waals surface area contributed by atoms with Crippen molar-refractivity contribution in [1.82, 2.24) is 14.8 Å². The molecule has 18 heavy (non-hydrogen) atoms. The quantitative estimate of drug-likeness (QED) is 0.849. The van der Waals surface area contributed by atoms with Gasteiger partial charge in [0.05, 0.1) is 4.88 Å². The summed E-state index contributed by atoms with van der Waals surface area (Å²) in [6.45, 7) is 3.29. The van der Waals surface area contributed by atoms with E-state index in [1.807, 2.05) is 0 Å². The predicted molar refractivity (Wildman–Crippen MR) is 77.3 cm³/mol. The fraction of sp³-hybridized carbons (Fsp3) is 0.538. The van der Waals surface area contributed by atoms with E-state index in [9.17, 15) is 0 Å². The van der Waals surface area contributed by atoms with Crippen LogP contribution in [0, 0.1) is 10.2 Å². The van der Waals surface area contributed by atoms with Gasteiger partial charge in [-0.1, -0.05) is 19.4 Å². The highest BCUT2D eigenvalue weighted by Crippen LogP contribution is 2.45. The van der Waals surface area contributed by atoms with E-state index in [1.165, 1.54) is 30.6 Å². The number of hydrogen-bond donors (Lipinski definition) is 1. The molecule has 0 unspecified atom stereocenters. The second kappa shape index (κ2) is 4.63. The van der Waals surface area contributed by atoms with Gasteiger partial charge in [-0.2, -0.15) is 5.10 Å². The zero-order chi connectivity index (χ0) is 12.6. The van der Waals surface area contributed by atoms with Crippen molar-refractivity contribution >= 4 is 23.6 Å². The summed E-state index contributed by atoms with van der Waals surface area (Å²) in [5.74, 6) is 0.995. The van der Waals surface area contributed by atoms with E-state index in [0.717, 1.165) is 17.1 Å². The first-order valence-electron chi connectivity index (χ1n) is 6.43. The van der Waals surface area contributed by atoms with Crippen LogP contribution in [0.2, 0.25) is 0 Å². The lowest BCUT2D eigenvalue weighted by Crippen LogP contribution is -2.33. The van der Waals surface area contributed by atoms with Crippen LogP contribution in [0.25, 0.3) is 10.7 Å². The highest BCUT2D eigenvalue weighted by Gasteiger charge is 2.36. The monoisotopic (exact) mass is 279 g/mol. The number of thiophene rings is 1. The summed E-state index contributed by atoms with van der Waals surface area (Å²) in [5.41, 5.74) is 0.452. The Morgan fingerprint density at radius 3 is 2.94 bits per heavy atom. The van der Waals surface area contributed by atoms with Crippen LogP contribution in [0.4, 0.5) is 0 Å². The zero-order valence-electron chi connectivity index (χ0n) is 10.5. The number of aromatic nitrogens is 3. The van der Waals surface area contributed by atoms with Crippen LogP contribution in [-0.2, 0) is 6.54 Å². The van der Waals surface area contributed by atoms with E-state index in [-0.39, 0.29) is 0 Å². The van der Waals surface area contributed by atoms with E-state index in [4.69, 9.17) is 12.2 Å². The molecule has 1 aliphatic rings. The molecule has 0 radical (unpaired) electrons. The average molecular weight is 279 g/mol. The Kier molecular flexibility index (Phi) is 3.11. The third kappa shape index (κ3) is 1.95. The minimum atomic E-state index is 0.452. The van der Waals surface area contributed by atoms with Crippen molar-refractivity contribution in [2.24, 2.45) is 5.41 Å². The summed E-state index contributed by atoms with van der Waals surface area (Å²) >= 11 is 7.10. The molecule has 0 atom stereocenters. The summed E-state index contributed by atoms with van der Waals surface area (Å²) in [5, 5.41) is 9.41. The van der Waals surface area contributed by atoms with Gasteiger partial charge in [-0.25, -0.2) is 0 Å². The fourth-order valence-corrected chi connectivity index (χ4v) is 3.61. The minimum absolute atomic E-state index is 0.452. The van der Waals surface area contributed by atoms with Crippen LogP contribution in [0.3, 0.4) is 0 Å². The van der Waals surface area contributed by atoms with Gasteiger partial charge < -0.3 is 0 Å². The zero-order valence-corrected chi connectivity index (χ0v) is 12.1. The molecule has 0 bridgehead atoms.